The van der Waals surface area contributed by atoms with Crippen LogP contribution in [0.3, 0.4) is 0 Å². The van der Waals surface area contributed by atoms with Gasteiger partial charge in [0.15, 0.2) is 0 Å². The van der Waals surface area contributed by atoms with Gasteiger partial charge in [-0.05, 0) is 46.7 Å². The molecule has 1 aromatic carbocycles. The second kappa shape index (κ2) is 4.07. The molecule has 0 bridgehead atoms. The Kier molecular flexibility index (Phi) is 3.33. The van der Waals surface area contributed by atoms with E-state index in [0.29, 0.717) is 0 Å². The Morgan fingerprint density at radius 1 is 1.36 bits per heavy atom. The Morgan fingerprint density at radius 3 is 2.36 bits per heavy atom. The van der Waals surface area contributed by atoms with Gasteiger partial charge in [0.1, 0.15) is 0 Å². The molecule has 0 aliphatic heterocycles. The van der Waals surface area contributed by atoms with E-state index in [0.717, 1.165) is 12.0 Å². The van der Waals surface area contributed by atoms with Crippen LogP contribution >= 0.6 is 22.6 Å². The number of benzene rings is 1. The summed E-state index contributed by atoms with van der Waals surface area (Å²) in [4.78, 5) is 0. The largest absolute Gasteiger partial charge is 0.388 e. The van der Waals surface area contributed by atoms with Crippen molar-refractivity contribution < 1.29 is 5.11 Å². The number of hydrogen-bond acceptors (Lipinski definition) is 1. The third-order valence-electron chi connectivity index (χ3n) is 1.64. The van der Waals surface area contributed by atoms with E-state index in [1.165, 1.54) is 3.57 Å². The van der Waals surface area contributed by atoms with Crippen LogP contribution in [0.2, 0.25) is 0 Å². The molecule has 1 unspecified atom stereocenters. The molecule has 2 heteroatoms. The van der Waals surface area contributed by atoms with E-state index < -0.39 is 0 Å². The third kappa shape index (κ3) is 2.45. The van der Waals surface area contributed by atoms with E-state index in [2.05, 4.69) is 22.6 Å². The first-order valence-electron chi connectivity index (χ1n) is 3.67. The lowest BCUT2D eigenvalue weighted by molar-refractivity contribution is 0.173. The van der Waals surface area contributed by atoms with E-state index in [1.54, 1.807) is 0 Å². The van der Waals surface area contributed by atoms with E-state index >= 15 is 0 Å². The Morgan fingerprint density at radius 2 is 1.91 bits per heavy atom. The summed E-state index contributed by atoms with van der Waals surface area (Å²) in [7, 11) is 0. The number of aliphatic hydroxyl groups is 1. The molecule has 11 heavy (non-hydrogen) atoms. The van der Waals surface area contributed by atoms with Gasteiger partial charge in [0, 0.05) is 3.57 Å². The van der Waals surface area contributed by atoms with Crippen molar-refractivity contribution in [3.05, 3.63) is 33.4 Å². The number of rotatable bonds is 2. The van der Waals surface area contributed by atoms with Gasteiger partial charge in [-0.2, -0.15) is 0 Å². The summed E-state index contributed by atoms with van der Waals surface area (Å²) in [5.74, 6) is 0. The third-order valence-corrected chi connectivity index (χ3v) is 2.36. The van der Waals surface area contributed by atoms with Gasteiger partial charge in [0.2, 0.25) is 0 Å². The van der Waals surface area contributed by atoms with Crippen molar-refractivity contribution in [3.63, 3.8) is 0 Å². The minimum absolute atomic E-state index is 0.299. The fourth-order valence-electron chi connectivity index (χ4n) is 0.921. The zero-order valence-corrected chi connectivity index (χ0v) is 8.58. The van der Waals surface area contributed by atoms with Crippen LogP contribution in [0, 0.1) is 3.57 Å². The number of halogens is 1. The highest BCUT2D eigenvalue weighted by Crippen LogP contribution is 2.16. The van der Waals surface area contributed by atoms with Crippen molar-refractivity contribution in [1.82, 2.24) is 0 Å². The predicted molar refractivity (Wildman–Crippen MR) is 54.4 cm³/mol. The van der Waals surface area contributed by atoms with E-state index in [4.69, 9.17) is 0 Å². The molecule has 0 aromatic heterocycles. The average molecular weight is 262 g/mol. The first-order chi connectivity index (χ1) is 5.24. The predicted octanol–water partition coefficient (Wildman–Crippen LogP) is 2.73. The molecule has 1 atom stereocenters. The zero-order valence-electron chi connectivity index (χ0n) is 6.42. The molecule has 0 heterocycles. The summed E-state index contributed by atoms with van der Waals surface area (Å²) >= 11 is 2.25. The van der Waals surface area contributed by atoms with Crippen molar-refractivity contribution in [2.24, 2.45) is 0 Å². The van der Waals surface area contributed by atoms with Crippen molar-refractivity contribution in [2.75, 3.05) is 0 Å². The van der Waals surface area contributed by atoms with Crippen molar-refractivity contribution in [3.8, 4) is 0 Å². The molecule has 0 aliphatic rings. The van der Waals surface area contributed by atoms with Gasteiger partial charge in [-0.15, -0.1) is 0 Å². The fourth-order valence-corrected chi connectivity index (χ4v) is 1.28. The van der Waals surface area contributed by atoms with Gasteiger partial charge in [-0.1, -0.05) is 19.1 Å². The van der Waals surface area contributed by atoms with Crippen LogP contribution in [0.15, 0.2) is 24.3 Å². The zero-order chi connectivity index (χ0) is 8.27. The lowest BCUT2D eigenvalue weighted by Gasteiger charge is -2.06. The van der Waals surface area contributed by atoms with Gasteiger partial charge < -0.3 is 5.11 Å². The van der Waals surface area contributed by atoms with E-state index in [9.17, 15) is 5.11 Å². The first-order valence-corrected chi connectivity index (χ1v) is 4.75. The van der Waals surface area contributed by atoms with Crippen molar-refractivity contribution in [1.29, 1.82) is 0 Å². The summed E-state index contributed by atoms with van der Waals surface area (Å²) in [6, 6.07) is 7.95. The summed E-state index contributed by atoms with van der Waals surface area (Å²) in [5, 5.41) is 9.42. The summed E-state index contributed by atoms with van der Waals surface area (Å²) in [5.41, 5.74) is 1.01. The quantitative estimate of drug-likeness (QED) is 0.812. The van der Waals surface area contributed by atoms with Crippen LogP contribution in [0.25, 0.3) is 0 Å². The molecular formula is C9H11IO. The highest BCUT2D eigenvalue weighted by atomic mass is 127. The van der Waals surface area contributed by atoms with Crippen LogP contribution in [0.4, 0.5) is 0 Å². The fraction of sp³-hybridized carbons (Fsp3) is 0.333. The lowest BCUT2D eigenvalue weighted by Crippen LogP contribution is -1.93. The Bertz CT molecular complexity index is 218. The van der Waals surface area contributed by atoms with Gasteiger partial charge >= 0.3 is 0 Å². The molecule has 1 nitrogen and oxygen atoms in total. The standard InChI is InChI=1S/C9H11IO/c1-2-9(11)7-3-5-8(10)6-4-7/h3-6,9,11H,2H2,1H3. The van der Waals surface area contributed by atoms with Gasteiger partial charge in [-0.3, -0.25) is 0 Å². The molecule has 1 rings (SSSR count). The normalized spacial score (nSPS) is 13.0. The molecule has 0 fully saturated rings. The monoisotopic (exact) mass is 262 g/mol. The van der Waals surface area contributed by atoms with Crippen LogP contribution in [0.1, 0.15) is 25.0 Å². The topological polar surface area (TPSA) is 20.2 Å². The molecule has 1 aromatic rings. The van der Waals surface area contributed by atoms with Crippen LogP contribution in [-0.2, 0) is 0 Å². The van der Waals surface area contributed by atoms with E-state index in [-0.39, 0.29) is 6.10 Å². The highest BCUT2D eigenvalue weighted by molar-refractivity contribution is 14.1. The maximum atomic E-state index is 9.42. The minimum atomic E-state index is -0.299. The molecule has 1 N–H and O–H groups in total. The maximum Gasteiger partial charge on any atom is 0.0787 e. The van der Waals surface area contributed by atoms with Crippen molar-refractivity contribution >= 4 is 22.6 Å². The number of hydrogen-bond donors (Lipinski definition) is 1. The van der Waals surface area contributed by atoms with Gasteiger partial charge in [0.25, 0.3) is 0 Å². The summed E-state index contributed by atoms with van der Waals surface area (Å²) < 4.78 is 1.20. The molecule has 60 valence electrons. The average Bonchev–Trinajstić information content (AvgIpc) is 2.05. The SMILES string of the molecule is CCC(O)c1ccc(I)cc1. The highest BCUT2D eigenvalue weighted by Gasteiger charge is 2.02. The Labute approximate surface area is 80.6 Å². The molecule has 0 aliphatic carbocycles. The van der Waals surface area contributed by atoms with Gasteiger partial charge in [0.05, 0.1) is 6.10 Å². The Balaban J connectivity index is 2.81. The first kappa shape index (κ1) is 9.00. The minimum Gasteiger partial charge on any atom is -0.388 e. The molecule has 0 saturated heterocycles. The molecular weight excluding hydrogens is 251 g/mol. The molecule has 0 saturated carbocycles. The second-order valence-electron chi connectivity index (χ2n) is 2.48. The Hall–Kier alpha value is -0.0900. The van der Waals surface area contributed by atoms with Crippen LogP contribution in [0.5, 0.6) is 0 Å². The maximum absolute atomic E-state index is 9.42. The lowest BCUT2D eigenvalue weighted by atomic mass is 10.1. The smallest absolute Gasteiger partial charge is 0.0787 e. The van der Waals surface area contributed by atoms with E-state index in [1.807, 2.05) is 31.2 Å². The second-order valence-corrected chi connectivity index (χ2v) is 3.72. The van der Waals surface area contributed by atoms with Crippen LogP contribution in [-0.4, -0.2) is 5.11 Å². The molecule has 0 spiro atoms. The van der Waals surface area contributed by atoms with Gasteiger partial charge in [-0.25, -0.2) is 0 Å². The summed E-state index contributed by atoms with van der Waals surface area (Å²) in [6.45, 7) is 1.97. The van der Waals surface area contributed by atoms with Crippen LogP contribution < -0.4 is 0 Å². The number of aliphatic hydroxyl groups excluding tert-OH is 1. The molecule has 0 radical (unpaired) electrons. The summed E-state index contributed by atoms with van der Waals surface area (Å²) in [6.07, 6.45) is 0.479. The van der Waals surface area contributed by atoms with Crippen molar-refractivity contribution in [2.45, 2.75) is 19.4 Å². The molecule has 0 amide bonds.